The minimum Gasteiger partial charge on any atom is -1.00 e. The molecular weight excluding hydrogens is 911 g/mol. The maximum absolute atomic E-state index is 12.9. The number of carbonyl (C=O) groups excluding carboxylic acids is 1. The van der Waals surface area contributed by atoms with E-state index in [-0.39, 0.29) is 54.4 Å². The van der Waals surface area contributed by atoms with Crippen LogP contribution in [-0.4, -0.2) is 75.6 Å². The molecule has 0 aliphatic carbocycles. The van der Waals surface area contributed by atoms with Crippen molar-refractivity contribution in [2.75, 3.05) is 49.2 Å². The van der Waals surface area contributed by atoms with Crippen molar-refractivity contribution in [3.8, 4) is 17.2 Å². The Morgan fingerprint density at radius 2 is 1.56 bits per heavy atom. The van der Waals surface area contributed by atoms with Crippen molar-refractivity contribution < 1.29 is 45.3 Å². The highest BCUT2D eigenvalue weighted by Crippen LogP contribution is 2.40. The summed E-state index contributed by atoms with van der Waals surface area (Å²) in [6.07, 6.45) is 5.68. The standard InChI is InChI=1S/C46H51Cl2N8O6.BrH/c1-6-33(4)56-45(58)55(29-50-56)39-10-8-37(9-11-39)52-17-19-53(20-18-52)38-12-14-40(15-13-38)59-25-41-26-60-46(62-41,42-16-7-36(47)23-43(42)48)27-54-30-51(28-49-54)24-35-21-31(2)44(32(3)22-35)61-34(5)57;/h7-16,21-23,28-30,33,41H,6,17-20,24-27H2,1-5H3;1H/q+1;/p-1/t33?,41-,46-;/m0./s1. The Bertz CT molecular complexity index is 2570. The van der Waals surface area contributed by atoms with E-state index in [9.17, 15) is 9.59 Å². The molecule has 2 aliphatic heterocycles. The molecule has 63 heavy (non-hydrogen) atoms. The SMILES string of the molecule is CCC(C)n1ncn(-c2ccc(N3CCN(c4ccc(OC[C@H]5CO[C@](Cn6c[n+](Cc7cc(C)c(OC(C)=O)c(C)c7)cn6)(c6ccc(Cl)cc6Cl)O5)cc4)CC3)cc2)c1=O.[Br-]. The average molecular weight is 963 g/mol. The van der Waals surface area contributed by atoms with Crippen LogP contribution in [0.2, 0.25) is 10.0 Å². The monoisotopic (exact) mass is 960 g/mol. The van der Waals surface area contributed by atoms with Crippen molar-refractivity contribution in [3.63, 3.8) is 0 Å². The van der Waals surface area contributed by atoms with Crippen LogP contribution < -0.4 is 46.5 Å². The summed E-state index contributed by atoms with van der Waals surface area (Å²) >= 11 is 13.1. The molecule has 17 heteroatoms. The lowest BCUT2D eigenvalue weighted by molar-refractivity contribution is -0.689. The lowest BCUT2D eigenvalue weighted by atomic mass is 10.1. The number of aryl methyl sites for hydroxylation is 2. The zero-order valence-corrected chi connectivity index (χ0v) is 39.0. The number of piperazine rings is 1. The molecule has 2 fully saturated rings. The zero-order chi connectivity index (χ0) is 43.5. The molecule has 332 valence electrons. The molecule has 0 saturated carbocycles. The fourth-order valence-corrected chi connectivity index (χ4v) is 8.65. The van der Waals surface area contributed by atoms with Crippen LogP contribution in [0.3, 0.4) is 0 Å². The van der Waals surface area contributed by atoms with Gasteiger partial charge in [0, 0.05) is 60.2 Å². The molecule has 3 atom stereocenters. The van der Waals surface area contributed by atoms with Crippen molar-refractivity contribution in [2.45, 2.75) is 72.1 Å². The fraction of sp³-hybridized carbons (Fsp3) is 0.370. The van der Waals surface area contributed by atoms with Gasteiger partial charge in [-0.2, -0.15) is 5.10 Å². The number of aromatic nitrogens is 6. The van der Waals surface area contributed by atoms with Crippen molar-refractivity contribution in [1.82, 2.24) is 24.1 Å². The first-order valence-electron chi connectivity index (χ1n) is 20.8. The average Bonchev–Trinajstić information content (AvgIpc) is 4.00. The molecule has 0 bridgehead atoms. The number of nitrogens with zero attached hydrogens (tertiary/aromatic N) is 8. The van der Waals surface area contributed by atoms with Crippen LogP contribution in [0.15, 0.2) is 103 Å². The van der Waals surface area contributed by atoms with Crippen molar-refractivity contribution in [1.29, 1.82) is 0 Å². The minimum absolute atomic E-state index is 0. The summed E-state index contributed by atoms with van der Waals surface area (Å²) in [4.78, 5) is 29.2. The number of hydrogen-bond acceptors (Lipinski definition) is 10. The molecule has 2 saturated heterocycles. The highest BCUT2D eigenvalue weighted by molar-refractivity contribution is 6.35. The minimum atomic E-state index is -1.25. The maximum atomic E-state index is 12.9. The topological polar surface area (TPSA) is 122 Å². The summed E-state index contributed by atoms with van der Waals surface area (Å²) in [5, 5.41) is 9.88. The lowest BCUT2D eigenvalue weighted by Gasteiger charge is -2.37. The van der Waals surface area contributed by atoms with Gasteiger partial charge in [0.05, 0.1) is 29.9 Å². The predicted molar refractivity (Wildman–Crippen MR) is 237 cm³/mol. The number of benzene rings is 4. The molecule has 4 aromatic carbocycles. The molecular formula is C46H51BrCl2N8O6. The Morgan fingerprint density at radius 1 is 0.921 bits per heavy atom. The second-order valence-electron chi connectivity index (χ2n) is 16.0. The quantitative estimate of drug-likeness (QED) is 0.0899. The Kier molecular flexibility index (Phi) is 14.3. The van der Waals surface area contributed by atoms with Gasteiger partial charge in [0.2, 0.25) is 12.1 Å². The summed E-state index contributed by atoms with van der Waals surface area (Å²) in [5.74, 6) is -0.280. The molecule has 0 spiro atoms. The molecule has 2 aliphatic rings. The molecule has 0 N–H and O–H groups in total. The van der Waals surface area contributed by atoms with Crippen molar-refractivity contribution >= 4 is 40.5 Å². The van der Waals surface area contributed by atoms with Crippen molar-refractivity contribution in [2.24, 2.45) is 0 Å². The third kappa shape index (κ3) is 10.3. The number of esters is 1. The molecule has 0 radical (unpaired) electrons. The van der Waals surface area contributed by atoms with Gasteiger partial charge < -0.3 is 45.7 Å². The van der Waals surface area contributed by atoms with Crippen LogP contribution >= 0.6 is 23.2 Å². The van der Waals surface area contributed by atoms with E-state index in [2.05, 4.69) is 44.3 Å². The van der Waals surface area contributed by atoms with Gasteiger partial charge in [-0.15, -0.1) is 4.68 Å². The summed E-state index contributed by atoms with van der Waals surface area (Å²) in [6.45, 7) is 14.1. The summed E-state index contributed by atoms with van der Waals surface area (Å²) in [5.41, 5.74) is 6.38. The van der Waals surface area contributed by atoms with Crippen LogP contribution in [0.1, 0.15) is 55.5 Å². The fourth-order valence-electron chi connectivity index (χ4n) is 8.10. The number of anilines is 2. The number of carbonyl (C=O) groups is 1. The first-order valence-corrected chi connectivity index (χ1v) is 21.6. The largest absolute Gasteiger partial charge is 1.00 e. The van der Waals surface area contributed by atoms with E-state index in [0.717, 1.165) is 72.1 Å². The molecule has 14 nitrogen and oxygen atoms in total. The van der Waals surface area contributed by atoms with E-state index in [1.165, 1.54) is 11.6 Å². The Morgan fingerprint density at radius 3 is 2.17 bits per heavy atom. The number of rotatable bonds is 14. The van der Waals surface area contributed by atoms with Gasteiger partial charge >= 0.3 is 11.7 Å². The van der Waals surface area contributed by atoms with Crippen molar-refractivity contribution in [3.05, 3.63) is 141 Å². The van der Waals surface area contributed by atoms with Gasteiger partial charge in [0.25, 0.3) is 6.33 Å². The molecule has 1 unspecified atom stereocenters. The van der Waals surface area contributed by atoms with Crippen LogP contribution in [0.5, 0.6) is 11.5 Å². The smallest absolute Gasteiger partial charge is 0.350 e. The van der Waals surface area contributed by atoms with Gasteiger partial charge in [0.15, 0.2) is 6.54 Å². The van der Waals surface area contributed by atoms with Crippen LogP contribution in [0, 0.1) is 13.8 Å². The predicted octanol–water partition coefficient (Wildman–Crippen LogP) is 4.06. The summed E-state index contributed by atoms with van der Waals surface area (Å²) < 4.78 is 31.7. The van der Waals surface area contributed by atoms with Crippen LogP contribution in [0.25, 0.3) is 5.69 Å². The van der Waals surface area contributed by atoms with E-state index in [4.69, 9.17) is 42.1 Å². The second-order valence-corrected chi connectivity index (χ2v) is 16.8. The Labute approximate surface area is 387 Å². The van der Waals surface area contributed by atoms with Crippen LogP contribution in [0.4, 0.5) is 11.4 Å². The highest BCUT2D eigenvalue weighted by atomic mass is 79.9. The van der Waals surface area contributed by atoms with E-state index >= 15 is 0 Å². The third-order valence-corrected chi connectivity index (χ3v) is 12.0. The van der Waals surface area contributed by atoms with Gasteiger partial charge in [-0.05, 0) is 117 Å². The maximum Gasteiger partial charge on any atom is 0.350 e. The Hall–Kier alpha value is -5.19. The van der Waals surface area contributed by atoms with Gasteiger partial charge in [-0.3, -0.25) is 4.79 Å². The molecule has 2 aromatic heterocycles. The molecule has 0 amide bonds. The van der Waals surface area contributed by atoms with E-state index in [1.54, 1.807) is 34.0 Å². The Balaban J connectivity index is 0.00000595. The molecule has 6 aromatic rings. The second kappa shape index (κ2) is 19.7. The van der Waals surface area contributed by atoms with Gasteiger partial charge in [0.1, 0.15) is 30.5 Å². The van der Waals surface area contributed by atoms with Gasteiger partial charge in [-0.25, -0.2) is 18.6 Å². The lowest BCUT2D eigenvalue weighted by Crippen LogP contribution is -3.00. The van der Waals surface area contributed by atoms with Gasteiger partial charge in [-0.1, -0.05) is 36.2 Å². The van der Waals surface area contributed by atoms with E-state index in [1.807, 2.05) is 81.1 Å². The summed E-state index contributed by atoms with van der Waals surface area (Å²) in [6, 6.07) is 25.6. The highest BCUT2D eigenvalue weighted by Gasteiger charge is 2.47. The van der Waals surface area contributed by atoms with E-state index in [0.29, 0.717) is 27.9 Å². The zero-order valence-electron chi connectivity index (χ0n) is 35.9. The first-order chi connectivity index (χ1) is 29.9. The third-order valence-electron chi connectivity index (χ3n) is 11.4. The molecule has 4 heterocycles. The van der Waals surface area contributed by atoms with Crippen LogP contribution in [-0.2, 0) is 33.1 Å². The number of hydrogen-bond donors (Lipinski definition) is 0. The summed E-state index contributed by atoms with van der Waals surface area (Å²) in [7, 11) is 0. The number of halogens is 3. The molecule has 8 rings (SSSR count). The number of ether oxygens (including phenoxy) is 4. The first kappa shape index (κ1) is 45.8. The normalized spacial score (nSPS) is 18.0. The van der Waals surface area contributed by atoms with E-state index < -0.39 is 11.9 Å².